The topological polar surface area (TPSA) is 30.5 Å². The number of hydrogen-bond donors (Lipinski definition) is 1. The fraction of sp³-hybridized carbons (Fsp3) is 0.684. The minimum atomic E-state index is -0.442. The molecule has 0 spiro atoms. The summed E-state index contributed by atoms with van der Waals surface area (Å²) in [4.78, 5) is 0. The highest BCUT2D eigenvalue weighted by atomic mass is 19.1. The number of rotatable bonds is 11. The van der Waals surface area contributed by atoms with Crippen molar-refractivity contribution < 1.29 is 13.9 Å². The predicted molar refractivity (Wildman–Crippen MR) is 93.4 cm³/mol. The van der Waals surface area contributed by atoms with Crippen LogP contribution in [0.4, 0.5) is 4.39 Å². The maximum Gasteiger partial charge on any atom is 0.127 e. The molecule has 1 rings (SSSR count). The molecule has 0 amide bonds. The van der Waals surface area contributed by atoms with Gasteiger partial charge in [-0.25, -0.2) is 4.39 Å². The molecule has 0 bridgehead atoms. The van der Waals surface area contributed by atoms with Gasteiger partial charge in [0.1, 0.15) is 17.2 Å². The highest BCUT2D eigenvalue weighted by Crippen LogP contribution is 2.19. The molecule has 1 aromatic rings. The zero-order valence-corrected chi connectivity index (χ0v) is 15.2. The Hall–Kier alpha value is -1.13. The highest BCUT2D eigenvalue weighted by Gasteiger charge is 2.20. The smallest absolute Gasteiger partial charge is 0.127 e. The largest absolute Gasteiger partial charge is 0.485 e. The highest BCUT2D eigenvalue weighted by molar-refractivity contribution is 5.22. The predicted octanol–water partition coefficient (Wildman–Crippen LogP) is 4.27. The molecule has 23 heavy (non-hydrogen) atoms. The first-order chi connectivity index (χ1) is 10.8. The zero-order chi connectivity index (χ0) is 17.3. The van der Waals surface area contributed by atoms with Gasteiger partial charge in [0.15, 0.2) is 0 Å². The van der Waals surface area contributed by atoms with Crippen molar-refractivity contribution in [2.24, 2.45) is 11.8 Å². The standard InChI is InChI=1S/C19H32FNO2/c1-15(2)12-16(3)13-21-10-11-22-14-19(4,5)23-18-8-6-17(20)7-9-18/h6-9,15-16,21H,10-14H2,1-5H3. The zero-order valence-electron chi connectivity index (χ0n) is 15.2. The van der Waals surface area contributed by atoms with E-state index in [1.165, 1.54) is 18.6 Å². The normalized spacial score (nSPS) is 13.3. The van der Waals surface area contributed by atoms with Crippen molar-refractivity contribution in [3.05, 3.63) is 30.1 Å². The third kappa shape index (κ3) is 9.57. The maximum absolute atomic E-state index is 12.9. The maximum atomic E-state index is 12.9. The van der Waals surface area contributed by atoms with E-state index in [1.807, 2.05) is 13.8 Å². The monoisotopic (exact) mass is 325 g/mol. The molecular formula is C19H32FNO2. The summed E-state index contributed by atoms with van der Waals surface area (Å²) in [7, 11) is 0. The summed E-state index contributed by atoms with van der Waals surface area (Å²) >= 11 is 0. The van der Waals surface area contributed by atoms with Gasteiger partial charge in [-0.15, -0.1) is 0 Å². The summed E-state index contributed by atoms with van der Waals surface area (Å²) in [5.74, 6) is 1.82. The van der Waals surface area contributed by atoms with Crippen molar-refractivity contribution >= 4 is 0 Å². The Kier molecular flexibility index (Phi) is 8.56. The van der Waals surface area contributed by atoms with Crippen molar-refractivity contribution in [3.63, 3.8) is 0 Å². The summed E-state index contributed by atoms with van der Waals surface area (Å²) < 4.78 is 24.4. The van der Waals surface area contributed by atoms with Gasteiger partial charge in [-0.2, -0.15) is 0 Å². The molecule has 0 aliphatic rings. The van der Waals surface area contributed by atoms with E-state index in [0.29, 0.717) is 24.9 Å². The molecule has 0 heterocycles. The molecular weight excluding hydrogens is 293 g/mol. The molecule has 1 unspecified atom stereocenters. The molecule has 0 aliphatic carbocycles. The van der Waals surface area contributed by atoms with Crippen LogP contribution in [0.1, 0.15) is 41.0 Å². The molecule has 0 radical (unpaired) electrons. The van der Waals surface area contributed by atoms with Crippen LogP contribution in [0, 0.1) is 17.7 Å². The van der Waals surface area contributed by atoms with Crippen molar-refractivity contribution in [2.45, 2.75) is 46.6 Å². The van der Waals surface area contributed by atoms with Crippen LogP contribution in [0.15, 0.2) is 24.3 Å². The van der Waals surface area contributed by atoms with Crippen molar-refractivity contribution in [2.75, 3.05) is 26.3 Å². The Morgan fingerprint density at radius 2 is 1.78 bits per heavy atom. The summed E-state index contributed by atoms with van der Waals surface area (Å²) in [5, 5.41) is 3.43. The van der Waals surface area contributed by atoms with E-state index in [1.54, 1.807) is 12.1 Å². The fourth-order valence-corrected chi connectivity index (χ4v) is 2.55. The molecule has 0 saturated carbocycles. The number of hydrogen-bond acceptors (Lipinski definition) is 3. The average Bonchev–Trinajstić information content (AvgIpc) is 2.44. The van der Waals surface area contributed by atoms with Crippen LogP contribution < -0.4 is 10.1 Å². The van der Waals surface area contributed by atoms with Crippen molar-refractivity contribution in [1.82, 2.24) is 5.32 Å². The Bertz CT molecular complexity index is 432. The molecule has 0 aromatic heterocycles. The van der Waals surface area contributed by atoms with E-state index in [2.05, 4.69) is 26.1 Å². The number of ether oxygens (including phenoxy) is 2. The third-order valence-electron chi connectivity index (χ3n) is 3.45. The van der Waals surface area contributed by atoms with E-state index in [0.717, 1.165) is 19.0 Å². The lowest BCUT2D eigenvalue weighted by Gasteiger charge is -2.26. The molecule has 1 N–H and O–H groups in total. The van der Waals surface area contributed by atoms with E-state index in [-0.39, 0.29) is 5.82 Å². The lowest BCUT2D eigenvalue weighted by molar-refractivity contribution is -0.00229. The molecule has 0 saturated heterocycles. The first-order valence-corrected chi connectivity index (χ1v) is 8.51. The fourth-order valence-electron chi connectivity index (χ4n) is 2.55. The van der Waals surface area contributed by atoms with Gasteiger partial charge in [-0.3, -0.25) is 0 Å². The Labute approximate surface area is 140 Å². The summed E-state index contributed by atoms with van der Waals surface area (Å²) in [6.07, 6.45) is 1.24. The average molecular weight is 325 g/mol. The molecule has 132 valence electrons. The number of halogens is 1. The van der Waals surface area contributed by atoms with Gasteiger partial charge in [0.05, 0.1) is 13.2 Å². The SMILES string of the molecule is CC(C)CC(C)CNCCOCC(C)(C)Oc1ccc(F)cc1. The van der Waals surface area contributed by atoms with Crippen molar-refractivity contribution in [3.8, 4) is 5.75 Å². The third-order valence-corrected chi connectivity index (χ3v) is 3.45. The van der Waals surface area contributed by atoms with Gasteiger partial charge in [-0.1, -0.05) is 20.8 Å². The second-order valence-electron chi connectivity index (χ2n) is 7.31. The van der Waals surface area contributed by atoms with E-state index >= 15 is 0 Å². The minimum absolute atomic E-state index is 0.260. The minimum Gasteiger partial charge on any atom is -0.485 e. The lowest BCUT2D eigenvalue weighted by Crippen LogP contribution is -2.35. The number of nitrogens with one attached hydrogen (secondary N) is 1. The van der Waals surface area contributed by atoms with E-state index < -0.39 is 5.60 Å². The summed E-state index contributed by atoms with van der Waals surface area (Å²) in [6.45, 7) is 13.7. The van der Waals surface area contributed by atoms with Crippen LogP contribution in [0.2, 0.25) is 0 Å². The van der Waals surface area contributed by atoms with Crippen LogP contribution in [0.3, 0.4) is 0 Å². The first kappa shape index (κ1) is 19.9. The second kappa shape index (κ2) is 9.89. The molecule has 3 nitrogen and oxygen atoms in total. The lowest BCUT2D eigenvalue weighted by atomic mass is 9.99. The first-order valence-electron chi connectivity index (χ1n) is 8.51. The molecule has 0 fully saturated rings. The Morgan fingerprint density at radius 3 is 2.39 bits per heavy atom. The van der Waals surface area contributed by atoms with Crippen LogP contribution in [0.5, 0.6) is 5.75 Å². The number of benzene rings is 1. The van der Waals surface area contributed by atoms with Crippen molar-refractivity contribution in [1.29, 1.82) is 0 Å². The molecule has 0 aliphatic heterocycles. The van der Waals surface area contributed by atoms with Crippen LogP contribution >= 0.6 is 0 Å². The van der Waals surface area contributed by atoms with Gasteiger partial charge < -0.3 is 14.8 Å². The van der Waals surface area contributed by atoms with Gasteiger partial charge >= 0.3 is 0 Å². The molecule has 1 aromatic carbocycles. The van der Waals surface area contributed by atoms with Gasteiger partial charge in [0.2, 0.25) is 0 Å². The van der Waals surface area contributed by atoms with Gasteiger partial charge in [0, 0.05) is 6.54 Å². The van der Waals surface area contributed by atoms with E-state index in [9.17, 15) is 4.39 Å². The summed E-state index contributed by atoms with van der Waals surface area (Å²) in [6, 6.07) is 6.06. The Balaban J connectivity index is 2.15. The summed E-state index contributed by atoms with van der Waals surface area (Å²) in [5.41, 5.74) is -0.442. The second-order valence-corrected chi connectivity index (χ2v) is 7.31. The van der Waals surface area contributed by atoms with Gasteiger partial charge in [-0.05, 0) is 62.9 Å². The quantitative estimate of drug-likeness (QED) is 0.616. The van der Waals surface area contributed by atoms with Crippen LogP contribution in [0.25, 0.3) is 0 Å². The molecule has 4 heteroatoms. The van der Waals surface area contributed by atoms with Crippen LogP contribution in [-0.4, -0.2) is 31.9 Å². The Morgan fingerprint density at radius 1 is 1.13 bits per heavy atom. The van der Waals surface area contributed by atoms with Crippen LogP contribution in [-0.2, 0) is 4.74 Å². The van der Waals surface area contributed by atoms with Gasteiger partial charge in [0.25, 0.3) is 0 Å². The van der Waals surface area contributed by atoms with E-state index in [4.69, 9.17) is 9.47 Å². The molecule has 1 atom stereocenters.